The van der Waals surface area contributed by atoms with Gasteiger partial charge in [-0.1, -0.05) is 41.4 Å². The molecule has 0 saturated heterocycles. The molecule has 0 saturated carbocycles. The first-order valence-electron chi connectivity index (χ1n) is 8.31. The van der Waals surface area contributed by atoms with Crippen LogP contribution in [0.1, 0.15) is 36.1 Å². The summed E-state index contributed by atoms with van der Waals surface area (Å²) in [6.07, 6.45) is 0.0506. The third-order valence-corrected chi connectivity index (χ3v) is 5.85. The average molecular weight is 395 g/mol. The lowest BCUT2D eigenvalue weighted by atomic mass is 10.1. The highest BCUT2D eigenvalue weighted by Crippen LogP contribution is 2.18. The second-order valence-electron chi connectivity index (χ2n) is 6.26. The summed E-state index contributed by atoms with van der Waals surface area (Å²) in [6.45, 7) is 5.54. The van der Waals surface area contributed by atoms with Crippen molar-refractivity contribution in [3.63, 3.8) is 0 Å². The molecule has 0 aliphatic carbocycles. The Hall–Kier alpha value is -1.89. The Morgan fingerprint density at radius 3 is 2.54 bits per heavy atom. The van der Waals surface area contributed by atoms with Gasteiger partial charge in [0.2, 0.25) is 15.9 Å². The first-order valence-corrected chi connectivity index (χ1v) is 10.2. The number of halogens is 1. The van der Waals surface area contributed by atoms with Crippen LogP contribution in [-0.4, -0.2) is 20.9 Å². The van der Waals surface area contributed by atoms with Crippen molar-refractivity contribution in [3.8, 4) is 0 Å². The molecule has 140 valence electrons. The number of carbonyl (C=O) groups excluding carboxylic acids is 1. The van der Waals surface area contributed by atoms with E-state index < -0.39 is 10.0 Å². The number of hydrogen-bond acceptors (Lipinski definition) is 3. The SMILES string of the molecule is Cc1ccc(S(=O)(=O)NCCC(=O)NC(C)c2cccc(Cl)c2)c(C)c1. The van der Waals surface area contributed by atoms with Crippen LogP contribution >= 0.6 is 11.6 Å². The number of nitrogens with one attached hydrogen (secondary N) is 2. The quantitative estimate of drug-likeness (QED) is 0.754. The first-order chi connectivity index (χ1) is 12.2. The van der Waals surface area contributed by atoms with Crippen LogP contribution in [-0.2, 0) is 14.8 Å². The van der Waals surface area contributed by atoms with Crippen LogP contribution < -0.4 is 10.0 Å². The zero-order valence-corrected chi connectivity index (χ0v) is 16.6. The molecule has 0 aliphatic rings. The predicted octanol–water partition coefficient (Wildman–Crippen LogP) is 3.50. The first kappa shape index (κ1) is 20.4. The van der Waals surface area contributed by atoms with E-state index in [-0.39, 0.29) is 29.8 Å². The van der Waals surface area contributed by atoms with Gasteiger partial charge in [0.1, 0.15) is 0 Å². The Kier molecular flexibility index (Phi) is 6.81. The van der Waals surface area contributed by atoms with Crippen LogP contribution in [0.4, 0.5) is 0 Å². The van der Waals surface area contributed by atoms with Crippen LogP contribution in [0.5, 0.6) is 0 Å². The van der Waals surface area contributed by atoms with E-state index in [1.165, 1.54) is 0 Å². The lowest BCUT2D eigenvalue weighted by Gasteiger charge is -2.15. The summed E-state index contributed by atoms with van der Waals surface area (Å²) < 4.78 is 27.2. The van der Waals surface area contributed by atoms with Crippen molar-refractivity contribution < 1.29 is 13.2 Å². The van der Waals surface area contributed by atoms with Gasteiger partial charge in [-0.2, -0.15) is 0 Å². The number of rotatable bonds is 7. The Balaban J connectivity index is 1.89. The lowest BCUT2D eigenvalue weighted by Crippen LogP contribution is -2.32. The van der Waals surface area contributed by atoms with Crippen molar-refractivity contribution in [1.82, 2.24) is 10.0 Å². The van der Waals surface area contributed by atoms with Crippen LogP contribution in [0.25, 0.3) is 0 Å². The van der Waals surface area contributed by atoms with E-state index in [2.05, 4.69) is 10.0 Å². The molecule has 2 aromatic rings. The van der Waals surface area contributed by atoms with Gasteiger partial charge in [-0.05, 0) is 50.1 Å². The zero-order valence-electron chi connectivity index (χ0n) is 15.0. The molecule has 2 rings (SSSR count). The number of hydrogen-bond donors (Lipinski definition) is 2. The Morgan fingerprint density at radius 1 is 1.15 bits per heavy atom. The van der Waals surface area contributed by atoms with Crippen molar-refractivity contribution in [3.05, 3.63) is 64.2 Å². The molecule has 5 nitrogen and oxygen atoms in total. The van der Waals surface area contributed by atoms with Crippen molar-refractivity contribution in [2.75, 3.05) is 6.54 Å². The molecule has 0 aliphatic heterocycles. The van der Waals surface area contributed by atoms with Gasteiger partial charge < -0.3 is 5.32 Å². The second-order valence-corrected chi connectivity index (χ2v) is 8.43. The largest absolute Gasteiger partial charge is 0.350 e. The van der Waals surface area contributed by atoms with Crippen molar-refractivity contribution >= 4 is 27.5 Å². The summed E-state index contributed by atoms with van der Waals surface area (Å²) in [5, 5.41) is 3.44. The molecular weight excluding hydrogens is 372 g/mol. The van der Waals surface area contributed by atoms with Gasteiger partial charge in [-0.15, -0.1) is 0 Å². The molecule has 1 atom stereocenters. The van der Waals surface area contributed by atoms with E-state index in [0.717, 1.165) is 11.1 Å². The predicted molar refractivity (Wildman–Crippen MR) is 104 cm³/mol. The van der Waals surface area contributed by atoms with Gasteiger partial charge in [-0.3, -0.25) is 4.79 Å². The smallest absolute Gasteiger partial charge is 0.240 e. The fraction of sp³-hybridized carbons (Fsp3) is 0.316. The van der Waals surface area contributed by atoms with Gasteiger partial charge >= 0.3 is 0 Å². The molecule has 0 fully saturated rings. The molecule has 2 N–H and O–H groups in total. The maximum absolute atomic E-state index is 12.4. The molecule has 2 aromatic carbocycles. The summed E-state index contributed by atoms with van der Waals surface area (Å²) >= 11 is 5.95. The van der Waals surface area contributed by atoms with Crippen LogP contribution in [0.3, 0.4) is 0 Å². The molecule has 0 aromatic heterocycles. The number of carbonyl (C=O) groups is 1. The lowest BCUT2D eigenvalue weighted by molar-refractivity contribution is -0.121. The van der Waals surface area contributed by atoms with E-state index in [1.54, 1.807) is 31.2 Å². The van der Waals surface area contributed by atoms with Crippen molar-refractivity contribution in [1.29, 1.82) is 0 Å². The minimum atomic E-state index is -3.64. The van der Waals surface area contributed by atoms with Gasteiger partial charge in [0.05, 0.1) is 10.9 Å². The third-order valence-electron chi connectivity index (χ3n) is 3.99. The minimum absolute atomic E-state index is 0.0315. The van der Waals surface area contributed by atoms with Crippen LogP contribution in [0, 0.1) is 13.8 Å². The van der Waals surface area contributed by atoms with Gasteiger partial charge in [0, 0.05) is 18.0 Å². The molecule has 0 radical (unpaired) electrons. The second kappa shape index (κ2) is 8.66. The van der Waals surface area contributed by atoms with Crippen molar-refractivity contribution in [2.24, 2.45) is 0 Å². The maximum atomic E-state index is 12.4. The van der Waals surface area contributed by atoms with Gasteiger partial charge in [-0.25, -0.2) is 13.1 Å². The summed E-state index contributed by atoms with van der Waals surface area (Å²) in [5.74, 6) is -0.235. The monoisotopic (exact) mass is 394 g/mol. The van der Waals surface area contributed by atoms with Crippen LogP contribution in [0.15, 0.2) is 47.4 Å². The normalized spacial score (nSPS) is 12.6. The fourth-order valence-electron chi connectivity index (χ4n) is 2.65. The summed E-state index contributed by atoms with van der Waals surface area (Å²) in [4.78, 5) is 12.3. The molecule has 0 heterocycles. The average Bonchev–Trinajstić information content (AvgIpc) is 2.54. The number of sulfonamides is 1. The van der Waals surface area contributed by atoms with E-state index in [9.17, 15) is 13.2 Å². The van der Waals surface area contributed by atoms with Crippen LogP contribution in [0.2, 0.25) is 5.02 Å². The van der Waals surface area contributed by atoms with Gasteiger partial charge in [0.25, 0.3) is 0 Å². The maximum Gasteiger partial charge on any atom is 0.240 e. The van der Waals surface area contributed by atoms with E-state index >= 15 is 0 Å². The molecule has 1 amide bonds. The fourth-order valence-corrected chi connectivity index (χ4v) is 4.11. The standard InChI is InChI=1S/C19H23ClN2O3S/c1-13-7-8-18(14(2)11-13)26(24,25)21-10-9-19(23)22-15(3)16-5-4-6-17(20)12-16/h4-8,11-12,15,21H,9-10H2,1-3H3,(H,22,23). The highest BCUT2D eigenvalue weighted by molar-refractivity contribution is 7.89. The number of benzene rings is 2. The summed E-state index contributed by atoms with van der Waals surface area (Å²) in [5.41, 5.74) is 2.56. The molecule has 0 spiro atoms. The summed E-state index contributed by atoms with van der Waals surface area (Å²) in [6, 6.07) is 12.2. The van der Waals surface area contributed by atoms with Gasteiger partial charge in [0.15, 0.2) is 0 Å². The highest BCUT2D eigenvalue weighted by Gasteiger charge is 2.17. The Morgan fingerprint density at radius 2 is 1.88 bits per heavy atom. The topological polar surface area (TPSA) is 75.3 Å². The molecule has 1 unspecified atom stereocenters. The molecule has 26 heavy (non-hydrogen) atoms. The van der Waals surface area contributed by atoms with Crippen molar-refractivity contribution in [2.45, 2.75) is 38.1 Å². The Labute approximate surface area is 159 Å². The Bertz CT molecular complexity index is 897. The molecule has 7 heteroatoms. The van der Waals surface area contributed by atoms with E-state index in [1.807, 2.05) is 32.0 Å². The van der Waals surface area contributed by atoms with E-state index in [4.69, 9.17) is 11.6 Å². The molecule has 0 bridgehead atoms. The number of aryl methyl sites for hydroxylation is 2. The summed E-state index contributed by atoms with van der Waals surface area (Å²) in [7, 11) is -3.64. The zero-order chi connectivity index (χ0) is 19.3. The minimum Gasteiger partial charge on any atom is -0.350 e. The van der Waals surface area contributed by atoms with E-state index in [0.29, 0.717) is 10.6 Å². The third kappa shape index (κ3) is 5.56. The molecular formula is C19H23ClN2O3S. The highest BCUT2D eigenvalue weighted by atomic mass is 35.5. The number of amides is 1.